The van der Waals surface area contributed by atoms with Crippen molar-refractivity contribution in [2.45, 2.75) is 52.7 Å². The monoisotopic (exact) mass is 464 g/mol. The number of aliphatic imine (C=N–C) groups is 1. The molecule has 1 saturated carbocycles. The molecule has 0 aromatic carbocycles. The minimum atomic E-state index is 0. The standard InChI is InChI=1S/C19H36N4O.HI/c1-6-22(7-2)12-14-8-10-23(13-14)18(20-5)21-16-15-9-11-24-17(15)19(16,3)4;/h14-17H,6-13H2,1-5H3,(H,20,21);1H. The Morgan fingerprint density at radius 1 is 1.28 bits per heavy atom. The number of halogens is 1. The van der Waals surface area contributed by atoms with Crippen molar-refractivity contribution in [1.82, 2.24) is 15.1 Å². The normalized spacial score (nSPS) is 33.8. The highest BCUT2D eigenvalue weighted by molar-refractivity contribution is 14.0. The Labute approximate surface area is 171 Å². The second kappa shape index (κ2) is 8.74. The van der Waals surface area contributed by atoms with Crippen LogP contribution in [0.1, 0.15) is 40.5 Å². The van der Waals surface area contributed by atoms with E-state index < -0.39 is 0 Å². The zero-order valence-electron chi connectivity index (χ0n) is 16.6. The van der Waals surface area contributed by atoms with Gasteiger partial charge in [-0.1, -0.05) is 27.7 Å². The van der Waals surface area contributed by atoms with E-state index >= 15 is 0 Å². The van der Waals surface area contributed by atoms with Gasteiger partial charge in [0.25, 0.3) is 0 Å². The van der Waals surface area contributed by atoms with Gasteiger partial charge in [-0.05, 0) is 31.8 Å². The van der Waals surface area contributed by atoms with Crippen LogP contribution in [0.3, 0.4) is 0 Å². The Kier molecular flexibility index (Phi) is 7.42. The van der Waals surface area contributed by atoms with E-state index in [1.54, 1.807) is 0 Å². The molecule has 0 radical (unpaired) electrons. The topological polar surface area (TPSA) is 40.1 Å². The molecule has 3 fully saturated rings. The molecule has 2 saturated heterocycles. The average Bonchev–Trinajstić information content (AvgIpc) is 3.21. The second-order valence-electron chi connectivity index (χ2n) is 8.32. The summed E-state index contributed by atoms with van der Waals surface area (Å²) in [5.41, 5.74) is 0.206. The summed E-state index contributed by atoms with van der Waals surface area (Å²) in [4.78, 5) is 9.61. The number of rotatable bonds is 5. The minimum Gasteiger partial charge on any atom is -0.377 e. The minimum absolute atomic E-state index is 0. The van der Waals surface area contributed by atoms with Crippen molar-refractivity contribution in [3.8, 4) is 0 Å². The van der Waals surface area contributed by atoms with Crippen molar-refractivity contribution >= 4 is 29.9 Å². The van der Waals surface area contributed by atoms with Gasteiger partial charge in [0.05, 0.1) is 6.10 Å². The largest absolute Gasteiger partial charge is 0.377 e. The van der Waals surface area contributed by atoms with Crippen LogP contribution in [0.2, 0.25) is 0 Å². The maximum Gasteiger partial charge on any atom is 0.193 e. The Morgan fingerprint density at radius 2 is 2.00 bits per heavy atom. The first-order chi connectivity index (χ1) is 11.5. The van der Waals surface area contributed by atoms with E-state index in [-0.39, 0.29) is 29.4 Å². The predicted molar refractivity (Wildman–Crippen MR) is 115 cm³/mol. The summed E-state index contributed by atoms with van der Waals surface area (Å²) in [5.74, 6) is 2.52. The van der Waals surface area contributed by atoms with E-state index in [1.807, 2.05) is 7.05 Å². The van der Waals surface area contributed by atoms with Crippen LogP contribution in [0, 0.1) is 17.3 Å². The number of nitrogens with zero attached hydrogens (tertiary/aromatic N) is 3. The molecule has 25 heavy (non-hydrogen) atoms. The fraction of sp³-hybridized carbons (Fsp3) is 0.947. The van der Waals surface area contributed by atoms with Crippen LogP contribution < -0.4 is 5.32 Å². The molecule has 1 aliphatic carbocycles. The van der Waals surface area contributed by atoms with Crippen molar-refractivity contribution in [2.75, 3.05) is 46.4 Å². The van der Waals surface area contributed by atoms with Crippen LogP contribution in [0.25, 0.3) is 0 Å². The number of hydrogen-bond acceptors (Lipinski definition) is 3. The Morgan fingerprint density at radius 3 is 2.64 bits per heavy atom. The van der Waals surface area contributed by atoms with Gasteiger partial charge in [0.2, 0.25) is 0 Å². The van der Waals surface area contributed by atoms with Gasteiger partial charge >= 0.3 is 0 Å². The molecular weight excluding hydrogens is 427 g/mol. The molecule has 4 unspecified atom stereocenters. The number of likely N-dealkylation sites (tertiary alicyclic amines) is 1. The van der Waals surface area contributed by atoms with Gasteiger partial charge in [-0.15, -0.1) is 24.0 Å². The van der Waals surface area contributed by atoms with Crippen molar-refractivity contribution in [3.05, 3.63) is 0 Å². The summed E-state index contributed by atoms with van der Waals surface area (Å²) in [6.45, 7) is 15.9. The first-order valence-corrected chi connectivity index (χ1v) is 9.83. The molecule has 1 N–H and O–H groups in total. The molecular formula is C19H37IN4O. The van der Waals surface area contributed by atoms with Gasteiger partial charge in [0, 0.05) is 50.7 Å². The van der Waals surface area contributed by atoms with E-state index in [4.69, 9.17) is 4.74 Å². The molecule has 0 spiro atoms. The lowest BCUT2D eigenvalue weighted by atomic mass is 9.57. The lowest BCUT2D eigenvalue weighted by molar-refractivity contribution is -0.107. The SMILES string of the molecule is CCN(CC)CC1CCN(C(=NC)NC2C3CCOC3C2(C)C)C1.I. The van der Waals surface area contributed by atoms with Crippen molar-refractivity contribution in [1.29, 1.82) is 0 Å². The molecule has 3 aliphatic rings. The smallest absolute Gasteiger partial charge is 0.193 e. The number of fused-ring (bicyclic) bond motifs is 1. The molecule has 3 rings (SSSR count). The van der Waals surface area contributed by atoms with Gasteiger partial charge in [-0.3, -0.25) is 4.99 Å². The van der Waals surface area contributed by atoms with E-state index in [9.17, 15) is 0 Å². The summed E-state index contributed by atoms with van der Waals surface area (Å²) >= 11 is 0. The highest BCUT2D eigenvalue weighted by Crippen LogP contribution is 2.52. The third-order valence-electron chi connectivity index (χ3n) is 6.59. The van der Waals surface area contributed by atoms with Crippen molar-refractivity contribution in [3.63, 3.8) is 0 Å². The molecule has 0 aromatic rings. The zero-order chi connectivity index (χ0) is 17.3. The van der Waals surface area contributed by atoms with Gasteiger partial charge < -0.3 is 19.9 Å². The summed E-state index contributed by atoms with van der Waals surface area (Å²) in [5, 5.41) is 3.79. The Hall–Kier alpha value is -0.0800. The van der Waals surface area contributed by atoms with Gasteiger partial charge in [-0.25, -0.2) is 0 Å². The van der Waals surface area contributed by atoms with E-state index in [0.29, 0.717) is 18.1 Å². The van der Waals surface area contributed by atoms with Crippen LogP contribution >= 0.6 is 24.0 Å². The van der Waals surface area contributed by atoms with Crippen LogP contribution in [0.15, 0.2) is 4.99 Å². The molecule has 2 heterocycles. The van der Waals surface area contributed by atoms with Crippen molar-refractivity contribution < 1.29 is 4.74 Å². The molecule has 0 aromatic heterocycles. The second-order valence-corrected chi connectivity index (χ2v) is 8.32. The average molecular weight is 464 g/mol. The molecule has 0 bridgehead atoms. The van der Waals surface area contributed by atoms with Crippen LogP contribution in [-0.2, 0) is 4.74 Å². The van der Waals surface area contributed by atoms with Crippen LogP contribution in [0.4, 0.5) is 0 Å². The van der Waals surface area contributed by atoms with Gasteiger partial charge in [-0.2, -0.15) is 0 Å². The summed E-state index contributed by atoms with van der Waals surface area (Å²) in [6, 6.07) is 0.491. The first kappa shape index (κ1) is 21.2. The third-order valence-corrected chi connectivity index (χ3v) is 6.59. The summed E-state index contributed by atoms with van der Waals surface area (Å²) < 4.78 is 5.92. The third kappa shape index (κ3) is 4.10. The predicted octanol–water partition coefficient (Wildman–Crippen LogP) is 2.66. The maximum absolute atomic E-state index is 5.92. The zero-order valence-corrected chi connectivity index (χ0v) is 19.0. The summed E-state index contributed by atoms with van der Waals surface area (Å²) in [6.07, 6.45) is 2.90. The number of ether oxygens (including phenoxy) is 1. The molecule has 4 atom stereocenters. The van der Waals surface area contributed by atoms with Gasteiger partial charge in [0.15, 0.2) is 5.96 Å². The van der Waals surface area contributed by atoms with E-state index in [0.717, 1.165) is 44.7 Å². The fourth-order valence-electron chi connectivity index (χ4n) is 5.07. The Bertz CT molecular complexity index is 466. The highest BCUT2D eigenvalue weighted by Gasteiger charge is 2.59. The lowest BCUT2D eigenvalue weighted by Gasteiger charge is -2.55. The van der Waals surface area contributed by atoms with E-state index in [2.05, 4.69) is 47.8 Å². The quantitative estimate of drug-likeness (QED) is 0.386. The fourth-order valence-corrected chi connectivity index (χ4v) is 5.07. The number of guanidine groups is 1. The Balaban J connectivity index is 0.00000225. The number of nitrogens with one attached hydrogen (secondary N) is 1. The molecule has 6 heteroatoms. The van der Waals surface area contributed by atoms with Crippen molar-refractivity contribution in [2.24, 2.45) is 22.2 Å². The van der Waals surface area contributed by atoms with Gasteiger partial charge in [0.1, 0.15) is 0 Å². The molecule has 2 aliphatic heterocycles. The highest BCUT2D eigenvalue weighted by atomic mass is 127. The van der Waals surface area contributed by atoms with Crippen LogP contribution in [-0.4, -0.2) is 74.3 Å². The molecule has 146 valence electrons. The maximum atomic E-state index is 5.92. The van der Waals surface area contributed by atoms with Crippen LogP contribution in [0.5, 0.6) is 0 Å². The number of hydrogen-bond donors (Lipinski definition) is 1. The van der Waals surface area contributed by atoms with E-state index in [1.165, 1.54) is 19.4 Å². The summed E-state index contributed by atoms with van der Waals surface area (Å²) in [7, 11) is 1.92. The first-order valence-electron chi connectivity index (χ1n) is 9.83. The lowest BCUT2D eigenvalue weighted by Crippen LogP contribution is -2.68. The molecule has 5 nitrogen and oxygen atoms in total. The molecule has 0 amide bonds.